The van der Waals surface area contributed by atoms with Crippen molar-refractivity contribution in [3.8, 4) is 21.6 Å². The van der Waals surface area contributed by atoms with Crippen molar-refractivity contribution < 1.29 is 4.79 Å². The van der Waals surface area contributed by atoms with Crippen LogP contribution in [0.15, 0.2) is 52.4 Å². The number of nitrogens with zero attached hydrogens (tertiary/aromatic N) is 2. The average Bonchev–Trinajstić information content (AvgIpc) is 3.24. The summed E-state index contributed by atoms with van der Waals surface area (Å²) in [4.78, 5) is 20.6. The van der Waals surface area contributed by atoms with Gasteiger partial charge in [0.25, 0.3) is 5.91 Å². The molecule has 1 amide bonds. The molecule has 0 N–H and O–H groups in total. The largest absolute Gasteiger partial charge is 0.339 e. The standard InChI is InChI=1S/C25H27BrN2OS/c1-17(2)12-21-13-19(8-9-27-21)24-15-20(16-30-24)18-6-7-22(23(26)14-18)25(29)28-10-4-3-5-11-28/h6-9,13-17H,3-5,10-12H2,1-2H3. The highest BCUT2D eigenvalue weighted by Crippen LogP contribution is 2.35. The van der Waals surface area contributed by atoms with Gasteiger partial charge in [-0.3, -0.25) is 9.78 Å². The van der Waals surface area contributed by atoms with Crippen LogP contribution >= 0.6 is 27.3 Å². The zero-order valence-electron chi connectivity index (χ0n) is 17.5. The third-order valence-electron chi connectivity index (χ3n) is 5.49. The number of carbonyl (C=O) groups excluding carboxylic acids is 1. The maximum absolute atomic E-state index is 12.9. The SMILES string of the molecule is CC(C)Cc1cc(-c2cc(-c3ccc(C(=O)N4CCCCC4)c(Br)c3)cs2)ccn1. The molecule has 1 saturated heterocycles. The molecule has 0 atom stereocenters. The Morgan fingerprint density at radius 3 is 2.60 bits per heavy atom. The Morgan fingerprint density at radius 2 is 1.87 bits per heavy atom. The second-order valence-electron chi connectivity index (χ2n) is 8.38. The van der Waals surface area contributed by atoms with Gasteiger partial charge in [-0.25, -0.2) is 0 Å². The molecule has 1 fully saturated rings. The maximum Gasteiger partial charge on any atom is 0.254 e. The zero-order chi connectivity index (χ0) is 21.1. The summed E-state index contributed by atoms with van der Waals surface area (Å²) in [5, 5.41) is 2.19. The van der Waals surface area contributed by atoms with Gasteiger partial charge in [0, 0.05) is 34.3 Å². The summed E-state index contributed by atoms with van der Waals surface area (Å²) in [5.41, 5.74) is 5.41. The molecular formula is C25H27BrN2OS. The van der Waals surface area contributed by atoms with Crippen LogP contribution in [0.5, 0.6) is 0 Å². The van der Waals surface area contributed by atoms with E-state index in [0.717, 1.165) is 53.6 Å². The number of piperidine rings is 1. The number of hydrogen-bond acceptors (Lipinski definition) is 3. The van der Waals surface area contributed by atoms with Gasteiger partial charge in [-0.1, -0.05) is 19.9 Å². The van der Waals surface area contributed by atoms with Crippen LogP contribution in [0.4, 0.5) is 0 Å². The molecule has 3 nitrogen and oxygen atoms in total. The Hall–Kier alpha value is -1.98. The fraction of sp³-hybridized carbons (Fsp3) is 0.360. The average molecular weight is 483 g/mol. The predicted octanol–water partition coefficient (Wildman–Crippen LogP) is 7.06. The molecule has 2 aromatic heterocycles. The second-order valence-corrected chi connectivity index (χ2v) is 10.1. The lowest BCUT2D eigenvalue weighted by molar-refractivity contribution is 0.0723. The lowest BCUT2D eigenvalue weighted by Gasteiger charge is -2.27. The fourth-order valence-corrected chi connectivity index (χ4v) is 5.40. The van der Waals surface area contributed by atoms with Gasteiger partial charge in [0.1, 0.15) is 0 Å². The molecule has 3 aromatic rings. The number of rotatable bonds is 5. The van der Waals surface area contributed by atoms with E-state index < -0.39 is 0 Å². The number of halogens is 1. The molecular weight excluding hydrogens is 456 g/mol. The third-order valence-corrected chi connectivity index (χ3v) is 7.13. The smallest absolute Gasteiger partial charge is 0.254 e. The minimum absolute atomic E-state index is 0.133. The first-order valence-corrected chi connectivity index (χ1v) is 12.3. The summed E-state index contributed by atoms with van der Waals surface area (Å²) >= 11 is 5.39. The van der Waals surface area contributed by atoms with E-state index in [0.29, 0.717) is 5.92 Å². The van der Waals surface area contributed by atoms with E-state index >= 15 is 0 Å². The van der Waals surface area contributed by atoms with Crippen LogP contribution in [0.1, 0.15) is 49.2 Å². The minimum Gasteiger partial charge on any atom is -0.339 e. The number of benzene rings is 1. The predicted molar refractivity (Wildman–Crippen MR) is 129 cm³/mol. The summed E-state index contributed by atoms with van der Waals surface area (Å²) in [6.45, 7) is 6.17. The molecule has 0 saturated carbocycles. The highest BCUT2D eigenvalue weighted by molar-refractivity contribution is 9.10. The Balaban J connectivity index is 1.55. The van der Waals surface area contributed by atoms with Crippen molar-refractivity contribution in [2.75, 3.05) is 13.1 Å². The quantitative estimate of drug-likeness (QED) is 0.389. The van der Waals surface area contributed by atoms with Crippen LogP contribution in [0, 0.1) is 5.92 Å². The number of pyridine rings is 1. The normalized spacial score (nSPS) is 14.3. The summed E-state index contributed by atoms with van der Waals surface area (Å²) in [6, 6.07) is 12.6. The maximum atomic E-state index is 12.9. The highest BCUT2D eigenvalue weighted by Gasteiger charge is 2.20. The van der Waals surface area contributed by atoms with E-state index in [1.54, 1.807) is 11.3 Å². The molecule has 0 unspecified atom stereocenters. The van der Waals surface area contributed by atoms with Gasteiger partial charge in [0.2, 0.25) is 0 Å². The Morgan fingerprint density at radius 1 is 1.07 bits per heavy atom. The Labute approximate surface area is 191 Å². The van der Waals surface area contributed by atoms with E-state index in [4.69, 9.17) is 0 Å². The third kappa shape index (κ3) is 4.84. The van der Waals surface area contributed by atoms with Crippen molar-refractivity contribution in [1.29, 1.82) is 0 Å². The van der Waals surface area contributed by atoms with Crippen molar-refractivity contribution in [2.24, 2.45) is 5.92 Å². The molecule has 3 heterocycles. The van der Waals surface area contributed by atoms with Crippen molar-refractivity contribution >= 4 is 33.2 Å². The first-order chi connectivity index (χ1) is 14.5. The molecule has 5 heteroatoms. The van der Waals surface area contributed by atoms with Crippen molar-refractivity contribution in [2.45, 2.75) is 39.5 Å². The molecule has 1 aliphatic heterocycles. The number of amides is 1. The highest BCUT2D eigenvalue weighted by atomic mass is 79.9. The van der Waals surface area contributed by atoms with Crippen LogP contribution in [-0.4, -0.2) is 28.9 Å². The molecule has 156 valence electrons. The fourth-order valence-electron chi connectivity index (χ4n) is 3.94. The monoisotopic (exact) mass is 482 g/mol. The van der Waals surface area contributed by atoms with Gasteiger partial charge in [-0.2, -0.15) is 0 Å². The molecule has 1 aromatic carbocycles. The number of aromatic nitrogens is 1. The first kappa shape index (κ1) is 21.3. The molecule has 0 radical (unpaired) electrons. The molecule has 4 rings (SSSR count). The van der Waals surface area contributed by atoms with Gasteiger partial charge in [0.05, 0.1) is 5.56 Å². The lowest BCUT2D eigenvalue weighted by Crippen LogP contribution is -2.35. The molecule has 1 aliphatic rings. The topological polar surface area (TPSA) is 33.2 Å². The zero-order valence-corrected chi connectivity index (χ0v) is 19.9. The number of thiophene rings is 1. The van der Waals surface area contributed by atoms with Crippen LogP contribution in [0.2, 0.25) is 0 Å². The summed E-state index contributed by atoms with van der Waals surface area (Å²) in [5.74, 6) is 0.726. The van der Waals surface area contributed by atoms with E-state index in [9.17, 15) is 4.79 Å². The van der Waals surface area contributed by atoms with Crippen molar-refractivity contribution in [1.82, 2.24) is 9.88 Å². The molecule has 0 spiro atoms. The first-order valence-electron chi connectivity index (χ1n) is 10.6. The van der Waals surface area contributed by atoms with Gasteiger partial charge in [-0.05, 0) is 99.9 Å². The summed E-state index contributed by atoms with van der Waals surface area (Å²) < 4.78 is 0.867. The van der Waals surface area contributed by atoms with E-state index in [1.807, 2.05) is 17.2 Å². The number of carbonyl (C=O) groups is 1. The van der Waals surface area contributed by atoms with Gasteiger partial charge in [0.15, 0.2) is 0 Å². The summed E-state index contributed by atoms with van der Waals surface area (Å²) in [6.07, 6.45) is 6.33. The Bertz CT molecular complexity index is 1040. The van der Waals surface area contributed by atoms with E-state index in [1.165, 1.54) is 22.4 Å². The van der Waals surface area contributed by atoms with E-state index in [-0.39, 0.29) is 5.91 Å². The van der Waals surface area contributed by atoms with Crippen LogP contribution in [-0.2, 0) is 6.42 Å². The van der Waals surface area contributed by atoms with Crippen LogP contribution in [0.25, 0.3) is 21.6 Å². The summed E-state index contributed by atoms with van der Waals surface area (Å²) in [7, 11) is 0. The van der Waals surface area contributed by atoms with Crippen molar-refractivity contribution in [3.63, 3.8) is 0 Å². The molecule has 0 bridgehead atoms. The second kappa shape index (κ2) is 9.44. The van der Waals surface area contributed by atoms with E-state index in [2.05, 4.69) is 70.5 Å². The molecule has 30 heavy (non-hydrogen) atoms. The number of hydrogen-bond donors (Lipinski definition) is 0. The van der Waals surface area contributed by atoms with Crippen LogP contribution in [0.3, 0.4) is 0 Å². The van der Waals surface area contributed by atoms with Gasteiger partial charge >= 0.3 is 0 Å². The van der Waals surface area contributed by atoms with Gasteiger partial charge < -0.3 is 4.90 Å². The lowest BCUT2D eigenvalue weighted by atomic mass is 10.0. The Kier molecular flexibility index (Phi) is 6.69. The van der Waals surface area contributed by atoms with Gasteiger partial charge in [-0.15, -0.1) is 11.3 Å². The van der Waals surface area contributed by atoms with Crippen LogP contribution < -0.4 is 0 Å². The molecule has 0 aliphatic carbocycles. The number of likely N-dealkylation sites (tertiary alicyclic amines) is 1. The minimum atomic E-state index is 0.133. The van der Waals surface area contributed by atoms with Crippen molar-refractivity contribution in [3.05, 3.63) is 63.7 Å².